The van der Waals surface area contributed by atoms with Crippen molar-refractivity contribution in [1.29, 1.82) is 0 Å². The first-order valence-electron chi connectivity index (χ1n) is 8.24. The van der Waals surface area contributed by atoms with E-state index in [1.165, 1.54) is 6.20 Å². The van der Waals surface area contributed by atoms with Crippen LogP contribution < -0.4 is 10.2 Å². The van der Waals surface area contributed by atoms with Crippen molar-refractivity contribution in [3.05, 3.63) is 84.3 Å². The lowest BCUT2D eigenvalue weighted by Gasteiger charge is -2.20. The Balaban J connectivity index is 1.68. The van der Waals surface area contributed by atoms with Gasteiger partial charge in [0.25, 0.3) is 5.91 Å². The highest BCUT2D eigenvalue weighted by atomic mass is 16.2. The van der Waals surface area contributed by atoms with Crippen LogP contribution in [0.15, 0.2) is 73.1 Å². The van der Waals surface area contributed by atoms with Crippen LogP contribution in [-0.4, -0.2) is 22.4 Å². The first-order valence-corrected chi connectivity index (χ1v) is 8.24. The van der Waals surface area contributed by atoms with E-state index in [0.717, 1.165) is 11.3 Å². The van der Waals surface area contributed by atoms with Gasteiger partial charge in [-0.2, -0.15) is 0 Å². The maximum atomic E-state index is 12.7. The zero-order valence-corrected chi connectivity index (χ0v) is 14.1. The number of nitrogens with zero attached hydrogens (tertiary/aromatic N) is 3. The molecular weight excluding hydrogens is 312 g/mol. The molecule has 1 N–H and O–H groups in total. The molecule has 0 saturated carbocycles. The topological polar surface area (TPSA) is 58.1 Å². The third-order valence-corrected chi connectivity index (χ3v) is 3.82. The molecule has 0 aliphatic heterocycles. The molecule has 0 spiro atoms. The third-order valence-electron chi connectivity index (χ3n) is 3.82. The van der Waals surface area contributed by atoms with E-state index in [9.17, 15) is 4.79 Å². The summed E-state index contributed by atoms with van der Waals surface area (Å²) in [6.07, 6.45) is 3.11. The van der Waals surface area contributed by atoms with Crippen LogP contribution in [0.1, 0.15) is 23.0 Å². The minimum atomic E-state index is -0.157. The molecular formula is C20H20N4O. The van der Waals surface area contributed by atoms with Crippen molar-refractivity contribution >= 4 is 17.4 Å². The summed E-state index contributed by atoms with van der Waals surface area (Å²) in [4.78, 5) is 22.9. The van der Waals surface area contributed by atoms with Crippen LogP contribution in [-0.2, 0) is 6.54 Å². The molecule has 0 atom stereocenters. The molecule has 3 aromatic rings. The highest BCUT2D eigenvalue weighted by molar-refractivity contribution is 6.04. The number of nitrogens with one attached hydrogen (secondary N) is 1. The number of carbonyl (C=O) groups excluding carboxylic acids is 1. The van der Waals surface area contributed by atoms with Crippen LogP contribution in [0.3, 0.4) is 0 Å². The molecule has 0 fully saturated rings. The molecule has 5 heteroatoms. The SMILES string of the molecule is CCN(C(=O)c1cnc(NCc2ccccc2)cn1)c1ccccc1. The number of hydrogen-bond acceptors (Lipinski definition) is 4. The lowest BCUT2D eigenvalue weighted by Crippen LogP contribution is -2.31. The molecule has 1 aromatic heterocycles. The number of rotatable bonds is 6. The predicted molar refractivity (Wildman–Crippen MR) is 99.6 cm³/mol. The Hall–Kier alpha value is -3.21. The molecule has 126 valence electrons. The minimum Gasteiger partial charge on any atom is -0.365 e. The Morgan fingerprint density at radius 2 is 1.64 bits per heavy atom. The van der Waals surface area contributed by atoms with Gasteiger partial charge in [0.1, 0.15) is 11.5 Å². The van der Waals surface area contributed by atoms with E-state index in [2.05, 4.69) is 15.3 Å². The highest BCUT2D eigenvalue weighted by Gasteiger charge is 2.17. The second kappa shape index (κ2) is 8.06. The summed E-state index contributed by atoms with van der Waals surface area (Å²) in [5, 5.41) is 3.20. The fourth-order valence-corrected chi connectivity index (χ4v) is 2.51. The van der Waals surface area contributed by atoms with Crippen molar-refractivity contribution in [2.24, 2.45) is 0 Å². The lowest BCUT2D eigenvalue weighted by atomic mass is 10.2. The van der Waals surface area contributed by atoms with Gasteiger partial charge in [-0.25, -0.2) is 9.97 Å². The summed E-state index contributed by atoms with van der Waals surface area (Å²) in [5.41, 5.74) is 2.34. The number of benzene rings is 2. The Bertz CT molecular complexity index is 804. The average molecular weight is 332 g/mol. The highest BCUT2D eigenvalue weighted by Crippen LogP contribution is 2.16. The minimum absolute atomic E-state index is 0.157. The molecule has 0 aliphatic rings. The van der Waals surface area contributed by atoms with Gasteiger partial charge < -0.3 is 10.2 Å². The first kappa shape index (κ1) is 16.6. The molecule has 1 heterocycles. The molecule has 1 amide bonds. The number of aromatic nitrogens is 2. The smallest absolute Gasteiger partial charge is 0.278 e. The molecule has 0 saturated heterocycles. The molecule has 5 nitrogen and oxygen atoms in total. The van der Waals surface area contributed by atoms with Gasteiger partial charge in [0.15, 0.2) is 0 Å². The van der Waals surface area contributed by atoms with Crippen molar-refractivity contribution in [2.45, 2.75) is 13.5 Å². The van der Waals surface area contributed by atoms with Gasteiger partial charge in [-0.05, 0) is 24.6 Å². The van der Waals surface area contributed by atoms with Gasteiger partial charge in [0.2, 0.25) is 0 Å². The van der Waals surface area contributed by atoms with E-state index in [0.29, 0.717) is 24.6 Å². The van der Waals surface area contributed by atoms with E-state index in [4.69, 9.17) is 0 Å². The van der Waals surface area contributed by atoms with Crippen LogP contribution in [0.25, 0.3) is 0 Å². The van der Waals surface area contributed by atoms with Crippen LogP contribution >= 0.6 is 0 Å². The van der Waals surface area contributed by atoms with E-state index < -0.39 is 0 Å². The second-order valence-electron chi connectivity index (χ2n) is 5.51. The van der Waals surface area contributed by atoms with Crippen molar-refractivity contribution in [1.82, 2.24) is 9.97 Å². The molecule has 0 bridgehead atoms. The third kappa shape index (κ3) is 4.20. The van der Waals surface area contributed by atoms with Crippen LogP contribution in [0.4, 0.5) is 11.5 Å². The number of amides is 1. The van der Waals surface area contributed by atoms with Crippen molar-refractivity contribution in [2.75, 3.05) is 16.8 Å². The van der Waals surface area contributed by atoms with Crippen LogP contribution in [0.2, 0.25) is 0 Å². The van der Waals surface area contributed by atoms with Gasteiger partial charge in [0.05, 0.1) is 12.4 Å². The maximum Gasteiger partial charge on any atom is 0.278 e. The van der Waals surface area contributed by atoms with Crippen molar-refractivity contribution < 1.29 is 4.79 Å². The second-order valence-corrected chi connectivity index (χ2v) is 5.51. The fraction of sp³-hybridized carbons (Fsp3) is 0.150. The average Bonchev–Trinajstić information content (AvgIpc) is 2.69. The number of anilines is 2. The first-order chi connectivity index (χ1) is 12.3. The number of hydrogen-bond donors (Lipinski definition) is 1. The fourth-order valence-electron chi connectivity index (χ4n) is 2.51. The van der Waals surface area contributed by atoms with Gasteiger partial charge in [-0.15, -0.1) is 0 Å². The Morgan fingerprint density at radius 1 is 0.960 bits per heavy atom. The predicted octanol–water partition coefficient (Wildman–Crippen LogP) is 3.76. The molecule has 3 rings (SSSR count). The van der Waals surface area contributed by atoms with Gasteiger partial charge in [0, 0.05) is 18.8 Å². The van der Waals surface area contributed by atoms with Gasteiger partial charge in [-0.1, -0.05) is 48.5 Å². The van der Waals surface area contributed by atoms with Crippen molar-refractivity contribution in [3.8, 4) is 0 Å². The van der Waals surface area contributed by atoms with Gasteiger partial charge in [-0.3, -0.25) is 4.79 Å². The van der Waals surface area contributed by atoms with E-state index in [1.54, 1.807) is 11.1 Å². The van der Waals surface area contributed by atoms with E-state index in [1.807, 2.05) is 67.6 Å². The number of carbonyl (C=O) groups is 1. The standard InChI is InChI=1S/C20H20N4O/c1-2-24(17-11-7-4-8-12-17)20(25)18-14-23-19(15-21-18)22-13-16-9-5-3-6-10-16/h3-12,14-15H,2,13H2,1H3,(H,22,23). The zero-order valence-electron chi connectivity index (χ0n) is 14.1. The normalized spacial score (nSPS) is 10.3. The monoisotopic (exact) mass is 332 g/mol. The largest absolute Gasteiger partial charge is 0.365 e. The Kier molecular flexibility index (Phi) is 5.36. The maximum absolute atomic E-state index is 12.7. The summed E-state index contributed by atoms with van der Waals surface area (Å²) >= 11 is 0. The van der Waals surface area contributed by atoms with E-state index >= 15 is 0 Å². The Morgan fingerprint density at radius 3 is 2.24 bits per heavy atom. The molecule has 0 aliphatic carbocycles. The zero-order chi connectivity index (χ0) is 17.5. The van der Waals surface area contributed by atoms with E-state index in [-0.39, 0.29) is 5.91 Å². The van der Waals surface area contributed by atoms with Crippen molar-refractivity contribution in [3.63, 3.8) is 0 Å². The van der Waals surface area contributed by atoms with Crippen LogP contribution in [0.5, 0.6) is 0 Å². The van der Waals surface area contributed by atoms with Gasteiger partial charge >= 0.3 is 0 Å². The van der Waals surface area contributed by atoms with Crippen LogP contribution in [0, 0.1) is 0 Å². The summed E-state index contributed by atoms with van der Waals surface area (Å²) in [6.45, 7) is 3.17. The quantitative estimate of drug-likeness (QED) is 0.747. The molecule has 0 radical (unpaired) electrons. The molecule has 2 aromatic carbocycles. The molecule has 0 unspecified atom stereocenters. The summed E-state index contributed by atoms with van der Waals surface area (Å²) in [7, 11) is 0. The summed E-state index contributed by atoms with van der Waals surface area (Å²) in [6, 6.07) is 19.6. The lowest BCUT2D eigenvalue weighted by molar-refractivity contribution is 0.0983. The Labute approximate surface area is 147 Å². The molecule has 25 heavy (non-hydrogen) atoms. The number of para-hydroxylation sites is 1. The summed E-state index contributed by atoms with van der Waals surface area (Å²) in [5.74, 6) is 0.485. The summed E-state index contributed by atoms with van der Waals surface area (Å²) < 4.78 is 0.